The van der Waals surface area contributed by atoms with Crippen molar-refractivity contribution in [2.24, 2.45) is 0 Å². The van der Waals surface area contributed by atoms with Crippen molar-refractivity contribution in [3.8, 4) is 5.69 Å². The number of thioether (sulfide) groups is 1. The lowest BCUT2D eigenvalue weighted by atomic mass is 10.1. The highest BCUT2D eigenvalue weighted by atomic mass is 32.2. The van der Waals surface area contributed by atoms with Crippen LogP contribution in [0.2, 0.25) is 0 Å². The van der Waals surface area contributed by atoms with Crippen LogP contribution in [0.5, 0.6) is 0 Å². The second-order valence-corrected chi connectivity index (χ2v) is 7.30. The lowest BCUT2D eigenvalue weighted by Crippen LogP contribution is -2.41. The van der Waals surface area contributed by atoms with E-state index in [1.165, 1.54) is 27.8 Å². The van der Waals surface area contributed by atoms with Crippen molar-refractivity contribution in [2.45, 2.75) is 32.9 Å². The molecule has 1 heterocycles. The summed E-state index contributed by atoms with van der Waals surface area (Å²) in [5.74, 6) is 0.0419. The predicted octanol–water partition coefficient (Wildman–Crippen LogP) is 2.30. The third kappa shape index (κ3) is 5.32. The van der Waals surface area contributed by atoms with Crippen LogP contribution < -0.4 is 0 Å². The third-order valence-electron chi connectivity index (χ3n) is 4.52. The maximum absolute atomic E-state index is 12.4. The summed E-state index contributed by atoms with van der Waals surface area (Å²) < 4.78 is 1.87. The van der Waals surface area contributed by atoms with Crippen LogP contribution in [-0.2, 0) is 9.59 Å². The number of benzene rings is 1. The highest BCUT2D eigenvalue weighted by molar-refractivity contribution is 7.99. The first-order valence-corrected chi connectivity index (χ1v) is 9.98. The van der Waals surface area contributed by atoms with E-state index < -0.39 is 0 Å². The number of hydrogen-bond donors (Lipinski definition) is 0. The van der Waals surface area contributed by atoms with Crippen LogP contribution in [0.15, 0.2) is 29.7 Å². The highest BCUT2D eigenvalue weighted by Crippen LogP contribution is 2.21. The number of nitrogens with zero attached hydrogens (tertiary/aromatic N) is 5. The molecule has 0 unspecified atom stereocenters. The second kappa shape index (κ2) is 9.55. The van der Waals surface area contributed by atoms with Crippen LogP contribution >= 0.6 is 11.8 Å². The Morgan fingerprint density at radius 2 is 1.81 bits per heavy atom. The van der Waals surface area contributed by atoms with Crippen molar-refractivity contribution in [3.05, 3.63) is 35.7 Å². The number of rotatable bonds is 8. The molecule has 0 aliphatic carbocycles. The number of amides is 2. The minimum absolute atomic E-state index is 0.0425. The predicted molar refractivity (Wildman–Crippen MR) is 107 cm³/mol. The number of carbonyl (C=O) groups excluding carboxylic acids is 2. The number of aromatic nitrogens is 3. The van der Waals surface area contributed by atoms with E-state index >= 15 is 0 Å². The van der Waals surface area contributed by atoms with Crippen LogP contribution in [0.3, 0.4) is 0 Å². The van der Waals surface area contributed by atoms with Gasteiger partial charge in [-0.25, -0.2) is 0 Å². The van der Waals surface area contributed by atoms with Gasteiger partial charge in [-0.15, -0.1) is 10.2 Å². The molecule has 27 heavy (non-hydrogen) atoms. The molecule has 0 aliphatic rings. The van der Waals surface area contributed by atoms with Gasteiger partial charge in [-0.3, -0.25) is 14.2 Å². The van der Waals surface area contributed by atoms with E-state index in [9.17, 15) is 9.59 Å². The van der Waals surface area contributed by atoms with Gasteiger partial charge in [-0.05, 0) is 51.0 Å². The van der Waals surface area contributed by atoms with Crippen LogP contribution in [0.4, 0.5) is 0 Å². The summed E-state index contributed by atoms with van der Waals surface area (Å²) in [6.07, 6.45) is 1.64. The van der Waals surface area contributed by atoms with Crippen molar-refractivity contribution in [3.63, 3.8) is 0 Å². The zero-order chi connectivity index (χ0) is 20.0. The van der Waals surface area contributed by atoms with Crippen molar-refractivity contribution < 1.29 is 9.59 Å². The molecule has 0 radical (unpaired) electrons. The van der Waals surface area contributed by atoms with Gasteiger partial charge in [-0.2, -0.15) is 0 Å². The van der Waals surface area contributed by atoms with Crippen molar-refractivity contribution in [2.75, 3.05) is 32.4 Å². The molecule has 0 fully saturated rings. The number of likely N-dealkylation sites (N-methyl/N-ethyl adjacent to an activating group) is 2. The Labute approximate surface area is 164 Å². The van der Waals surface area contributed by atoms with Gasteiger partial charge in [0.15, 0.2) is 5.16 Å². The van der Waals surface area contributed by atoms with Crippen LogP contribution in [0.1, 0.15) is 25.0 Å². The molecular weight excluding hydrogens is 362 g/mol. The molecule has 7 nitrogen and oxygen atoms in total. The topological polar surface area (TPSA) is 71.3 Å². The summed E-state index contributed by atoms with van der Waals surface area (Å²) in [7, 11) is 1.65. The van der Waals surface area contributed by atoms with E-state index in [1.54, 1.807) is 18.3 Å². The van der Waals surface area contributed by atoms with Crippen LogP contribution in [0, 0.1) is 13.8 Å². The molecule has 146 valence electrons. The molecule has 1 aromatic heterocycles. The average Bonchev–Trinajstić information content (AvgIpc) is 3.11. The molecule has 2 amide bonds. The average molecular weight is 390 g/mol. The summed E-state index contributed by atoms with van der Waals surface area (Å²) in [5.41, 5.74) is 3.36. The standard InChI is InChI=1S/C19H27N5O2S/c1-6-23(7-2)17(25)11-22(5)18(26)12-27-19-21-20-13-24(19)16-9-8-14(3)15(4)10-16/h8-10,13H,6-7,11-12H2,1-5H3. The normalized spacial score (nSPS) is 10.7. The summed E-state index contributed by atoms with van der Waals surface area (Å²) in [5, 5.41) is 8.74. The molecule has 2 rings (SSSR count). The van der Waals surface area contributed by atoms with Gasteiger partial charge in [0.05, 0.1) is 12.3 Å². The third-order valence-corrected chi connectivity index (χ3v) is 5.45. The van der Waals surface area contributed by atoms with Crippen molar-refractivity contribution in [1.29, 1.82) is 0 Å². The van der Waals surface area contributed by atoms with Gasteiger partial charge in [0.1, 0.15) is 6.33 Å². The molecule has 2 aromatic rings. The number of carbonyl (C=O) groups is 2. The Hall–Kier alpha value is -2.35. The fourth-order valence-corrected chi connectivity index (χ4v) is 3.45. The maximum Gasteiger partial charge on any atom is 0.242 e. The molecule has 0 spiro atoms. The van der Waals surface area contributed by atoms with Crippen LogP contribution in [0.25, 0.3) is 5.69 Å². The Bertz CT molecular complexity index is 801. The largest absolute Gasteiger partial charge is 0.342 e. The molecule has 0 bridgehead atoms. The molecule has 8 heteroatoms. The molecule has 0 saturated carbocycles. The lowest BCUT2D eigenvalue weighted by molar-refractivity contribution is -0.137. The first-order valence-electron chi connectivity index (χ1n) is 8.99. The monoisotopic (exact) mass is 389 g/mol. The van der Waals surface area contributed by atoms with E-state index in [0.29, 0.717) is 18.2 Å². The Morgan fingerprint density at radius 3 is 2.44 bits per heavy atom. The molecule has 1 aromatic carbocycles. The molecule has 0 atom stereocenters. The SMILES string of the molecule is CCN(CC)C(=O)CN(C)C(=O)CSc1nncn1-c1ccc(C)c(C)c1. The summed E-state index contributed by atoms with van der Waals surface area (Å²) in [6.45, 7) is 9.36. The van der Waals surface area contributed by atoms with Gasteiger partial charge in [-0.1, -0.05) is 17.8 Å². The molecule has 0 aliphatic heterocycles. The number of hydrogen-bond acceptors (Lipinski definition) is 5. The van der Waals surface area contributed by atoms with Crippen molar-refractivity contribution in [1.82, 2.24) is 24.6 Å². The van der Waals surface area contributed by atoms with E-state index in [4.69, 9.17) is 0 Å². The quantitative estimate of drug-likeness (QED) is 0.648. The Morgan fingerprint density at radius 1 is 1.11 bits per heavy atom. The number of aryl methyl sites for hydroxylation is 2. The fraction of sp³-hybridized carbons (Fsp3) is 0.474. The van der Waals surface area contributed by atoms with Gasteiger partial charge < -0.3 is 9.80 Å². The van der Waals surface area contributed by atoms with E-state index in [-0.39, 0.29) is 24.1 Å². The van der Waals surface area contributed by atoms with E-state index in [1.807, 2.05) is 24.5 Å². The highest BCUT2D eigenvalue weighted by Gasteiger charge is 2.18. The van der Waals surface area contributed by atoms with Gasteiger partial charge in [0, 0.05) is 25.8 Å². The van der Waals surface area contributed by atoms with Gasteiger partial charge in [0.2, 0.25) is 11.8 Å². The summed E-state index contributed by atoms with van der Waals surface area (Å²) >= 11 is 1.32. The maximum atomic E-state index is 12.4. The fourth-order valence-electron chi connectivity index (χ4n) is 2.58. The van der Waals surface area contributed by atoms with Gasteiger partial charge in [0.25, 0.3) is 0 Å². The zero-order valence-corrected chi connectivity index (χ0v) is 17.4. The van der Waals surface area contributed by atoms with Crippen LogP contribution in [-0.4, -0.2) is 68.8 Å². The summed E-state index contributed by atoms with van der Waals surface area (Å²) in [6, 6.07) is 6.13. The minimum atomic E-state index is -0.116. The summed E-state index contributed by atoms with van der Waals surface area (Å²) in [4.78, 5) is 27.7. The lowest BCUT2D eigenvalue weighted by Gasteiger charge is -2.23. The van der Waals surface area contributed by atoms with E-state index in [2.05, 4.69) is 36.2 Å². The second-order valence-electron chi connectivity index (χ2n) is 6.36. The molecule has 0 saturated heterocycles. The minimum Gasteiger partial charge on any atom is -0.342 e. The van der Waals surface area contributed by atoms with Gasteiger partial charge >= 0.3 is 0 Å². The zero-order valence-electron chi connectivity index (χ0n) is 16.6. The molecular formula is C19H27N5O2S. The first-order chi connectivity index (χ1) is 12.9. The Balaban J connectivity index is 1.99. The smallest absolute Gasteiger partial charge is 0.242 e. The molecule has 0 N–H and O–H groups in total. The Kier molecular flexibility index (Phi) is 7.41. The van der Waals surface area contributed by atoms with Crippen molar-refractivity contribution >= 4 is 23.6 Å². The van der Waals surface area contributed by atoms with E-state index in [0.717, 1.165) is 5.69 Å². The first kappa shape index (κ1) is 21.0.